The minimum atomic E-state index is -4.51. The number of alkyl halides is 4. The lowest BCUT2D eigenvalue weighted by Crippen LogP contribution is -2.47. The number of nitrogens with zero attached hydrogens (tertiary/aromatic N) is 4. The minimum Gasteiger partial charge on any atom is -0.385 e. The number of piperidine rings is 1. The van der Waals surface area contributed by atoms with Crippen molar-refractivity contribution in [3.05, 3.63) is 77.9 Å². The maximum Gasteiger partial charge on any atom is 0.416 e. The zero-order chi connectivity index (χ0) is 23.6. The molecule has 1 unspecified atom stereocenters. The first-order valence-corrected chi connectivity index (χ1v) is 10.2. The fourth-order valence-electron chi connectivity index (χ4n) is 3.89. The summed E-state index contributed by atoms with van der Waals surface area (Å²) in [6.07, 6.45) is -2.02. The van der Waals surface area contributed by atoms with Crippen molar-refractivity contribution < 1.29 is 27.5 Å². The van der Waals surface area contributed by atoms with Crippen LogP contribution in [0.4, 0.5) is 17.6 Å². The van der Waals surface area contributed by atoms with Crippen molar-refractivity contribution in [1.82, 2.24) is 19.9 Å². The van der Waals surface area contributed by atoms with E-state index in [-0.39, 0.29) is 37.4 Å². The Hall–Kier alpha value is -3.40. The van der Waals surface area contributed by atoms with Crippen molar-refractivity contribution >= 4 is 5.91 Å². The largest absolute Gasteiger partial charge is 0.416 e. The molecule has 172 valence electrons. The Bertz CT molecular complexity index is 1120. The maximum atomic E-state index is 15.5. The van der Waals surface area contributed by atoms with Gasteiger partial charge in [0.25, 0.3) is 5.91 Å². The number of carbonyl (C=O) groups excluding carboxylic acids is 1. The van der Waals surface area contributed by atoms with Gasteiger partial charge in [-0.15, -0.1) is 0 Å². The van der Waals surface area contributed by atoms with Gasteiger partial charge in [-0.05, 0) is 35.9 Å². The molecule has 3 aromatic rings. The Morgan fingerprint density at radius 1 is 1.03 bits per heavy atom. The van der Waals surface area contributed by atoms with Crippen molar-refractivity contribution in [2.24, 2.45) is 0 Å². The van der Waals surface area contributed by atoms with Gasteiger partial charge in [0.1, 0.15) is 23.8 Å². The first kappa shape index (κ1) is 22.8. The summed E-state index contributed by atoms with van der Waals surface area (Å²) in [6, 6.07) is 8.65. The molecule has 1 fully saturated rings. The van der Waals surface area contributed by atoms with E-state index in [0.29, 0.717) is 17.0 Å². The molecule has 0 radical (unpaired) electrons. The number of aliphatic hydroxyl groups excluding tert-OH is 1. The van der Waals surface area contributed by atoms with Gasteiger partial charge in [-0.1, -0.05) is 12.1 Å². The molecule has 3 heterocycles. The summed E-state index contributed by atoms with van der Waals surface area (Å²) in [5, 5.41) is 10.5. The topological polar surface area (TPSA) is 79.2 Å². The molecule has 33 heavy (non-hydrogen) atoms. The molecule has 1 aliphatic rings. The first-order valence-electron chi connectivity index (χ1n) is 10.2. The molecular formula is C23H20F4N4O2. The quantitative estimate of drug-likeness (QED) is 0.590. The third-order valence-corrected chi connectivity index (χ3v) is 5.79. The van der Waals surface area contributed by atoms with Crippen LogP contribution in [0.1, 0.15) is 40.4 Å². The number of aromatic nitrogens is 3. The van der Waals surface area contributed by atoms with Crippen molar-refractivity contribution in [2.45, 2.75) is 30.8 Å². The van der Waals surface area contributed by atoms with E-state index in [1.807, 2.05) is 0 Å². The summed E-state index contributed by atoms with van der Waals surface area (Å²) in [6.45, 7) is 0.0657. The molecule has 1 N–H and O–H groups in total. The zero-order valence-corrected chi connectivity index (χ0v) is 17.3. The lowest BCUT2D eigenvalue weighted by atomic mass is 9.84. The van der Waals surface area contributed by atoms with Gasteiger partial charge in [-0.2, -0.15) is 13.2 Å². The van der Waals surface area contributed by atoms with Gasteiger partial charge in [-0.25, -0.2) is 14.4 Å². The number of halogens is 4. The lowest BCUT2D eigenvalue weighted by Gasteiger charge is -2.39. The number of hydrogen-bond acceptors (Lipinski definition) is 5. The van der Waals surface area contributed by atoms with Crippen molar-refractivity contribution in [3.8, 4) is 11.4 Å². The Labute approximate surface area is 186 Å². The van der Waals surface area contributed by atoms with E-state index < -0.39 is 23.5 Å². The first-order chi connectivity index (χ1) is 15.7. The highest BCUT2D eigenvalue weighted by atomic mass is 19.4. The zero-order valence-electron chi connectivity index (χ0n) is 17.3. The molecule has 0 saturated carbocycles. The molecule has 1 aliphatic heterocycles. The summed E-state index contributed by atoms with van der Waals surface area (Å²) >= 11 is 0. The van der Waals surface area contributed by atoms with Crippen LogP contribution in [0.3, 0.4) is 0 Å². The van der Waals surface area contributed by atoms with Crippen LogP contribution in [-0.2, 0) is 6.18 Å². The molecule has 0 bridgehead atoms. The summed E-state index contributed by atoms with van der Waals surface area (Å²) < 4.78 is 53.8. The summed E-state index contributed by atoms with van der Waals surface area (Å²) in [5.41, 5.74) is -1.71. The number of hydrogen-bond donors (Lipinski definition) is 1. The van der Waals surface area contributed by atoms with Crippen LogP contribution in [0.25, 0.3) is 11.4 Å². The van der Waals surface area contributed by atoms with E-state index in [9.17, 15) is 23.1 Å². The second-order valence-electron chi connectivity index (χ2n) is 7.84. The van der Waals surface area contributed by atoms with Gasteiger partial charge < -0.3 is 10.0 Å². The van der Waals surface area contributed by atoms with Crippen LogP contribution < -0.4 is 0 Å². The Morgan fingerprint density at radius 3 is 2.33 bits per heavy atom. The number of pyridine rings is 1. The molecule has 4 rings (SSSR count). The highest BCUT2D eigenvalue weighted by molar-refractivity contribution is 5.99. The van der Waals surface area contributed by atoms with Crippen LogP contribution >= 0.6 is 0 Å². The molecular weight excluding hydrogens is 440 g/mol. The maximum absolute atomic E-state index is 15.5. The number of benzene rings is 1. The predicted octanol–water partition coefficient (Wildman–Crippen LogP) is 4.24. The summed E-state index contributed by atoms with van der Waals surface area (Å²) in [4.78, 5) is 26.8. The Balaban J connectivity index is 1.47. The number of likely N-dealkylation sites (tertiary alicyclic amines) is 1. The highest BCUT2D eigenvalue weighted by Crippen LogP contribution is 2.40. The summed E-state index contributed by atoms with van der Waals surface area (Å²) in [7, 11) is 0. The molecule has 1 amide bonds. The minimum absolute atomic E-state index is 0.0329. The molecule has 0 spiro atoms. The number of amides is 1. The number of aliphatic hydroxyl groups is 1. The smallest absolute Gasteiger partial charge is 0.385 e. The predicted molar refractivity (Wildman–Crippen MR) is 111 cm³/mol. The second-order valence-corrected chi connectivity index (χ2v) is 7.84. The van der Waals surface area contributed by atoms with Crippen LogP contribution in [0.2, 0.25) is 0 Å². The van der Waals surface area contributed by atoms with Gasteiger partial charge in [0.05, 0.1) is 16.8 Å². The average molecular weight is 460 g/mol. The third-order valence-electron chi connectivity index (χ3n) is 5.79. The monoisotopic (exact) mass is 460 g/mol. The van der Waals surface area contributed by atoms with Crippen LogP contribution in [0.5, 0.6) is 0 Å². The third kappa shape index (κ3) is 4.70. The molecule has 6 nitrogen and oxygen atoms in total. The molecule has 1 saturated heterocycles. The number of rotatable bonds is 4. The number of carbonyl (C=O) groups is 1. The van der Waals surface area contributed by atoms with Crippen molar-refractivity contribution in [1.29, 1.82) is 0 Å². The van der Waals surface area contributed by atoms with Crippen LogP contribution in [0, 0.1) is 0 Å². The second kappa shape index (κ2) is 8.86. The standard InChI is InChI=1S/C23H20F4N4O2/c24-22(20(32)15-3-5-16(6-4-15)23(25,26)27)8-12-31(13-9-22)21(33)17-2-1-10-29-19(17)18-7-11-28-14-30-18/h1-7,10-11,14,20,32H,8-9,12-13H2. The van der Waals surface area contributed by atoms with Crippen LogP contribution in [0.15, 0.2) is 61.2 Å². The Morgan fingerprint density at radius 2 is 1.73 bits per heavy atom. The van der Waals surface area contributed by atoms with Crippen LogP contribution in [-0.4, -0.2) is 49.6 Å². The lowest BCUT2D eigenvalue weighted by molar-refractivity contribution is -0.137. The fourth-order valence-corrected chi connectivity index (χ4v) is 3.89. The van der Waals surface area contributed by atoms with Gasteiger partial charge in [-0.3, -0.25) is 9.78 Å². The van der Waals surface area contributed by atoms with E-state index in [2.05, 4.69) is 15.0 Å². The van der Waals surface area contributed by atoms with Gasteiger partial charge in [0, 0.05) is 38.3 Å². The molecule has 1 atom stereocenters. The molecule has 10 heteroatoms. The molecule has 2 aromatic heterocycles. The normalized spacial score (nSPS) is 16.9. The van der Waals surface area contributed by atoms with E-state index >= 15 is 4.39 Å². The van der Waals surface area contributed by atoms with E-state index in [1.54, 1.807) is 18.2 Å². The van der Waals surface area contributed by atoms with E-state index in [4.69, 9.17) is 0 Å². The van der Waals surface area contributed by atoms with E-state index in [1.165, 1.54) is 23.6 Å². The Kier molecular flexibility index (Phi) is 6.11. The SMILES string of the molecule is O=C(c1cccnc1-c1ccncn1)N1CCC(F)(C(O)c2ccc(C(F)(F)F)cc2)CC1. The average Bonchev–Trinajstić information content (AvgIpc) is 2.84. The van der Waals surface area contributed by atoms with Crippen molar-refractivity contribution in [3.63, 3.8) is 0 Å². The van der Waals surface area contributed by atoms with Crippen molar-refractivity contribution in [2.75, 3.05) is 13.1 Å². The van der Waals surface area contributed by atoms with Gasteiger partial charge in [0.15, 0.2) is 0 Å². The molecule has 1 aromatic carbocycles. The highest BCUT2D eigenvalue weighted by Gasteiger charge is 2.43. The molecule has 0 aliphatic carbocycles. The summed E-state index contributed by atoms with van der Waals surface area (Å²) in [5.74, 6) is -0.345. The van der Waals surface area contributed by atoms with Gasteiger partial charge >= 0.3 is 6.18 Å². The fraction of sp³-hybridized carbons (Fsp3) is 0.304. The van der Waals surface area contributed by atoms with Gasteiger partial charge in [0.2, 0.25) is 0 Å². The van der Waals surface area contributed by atoms with E-state index in [0.717, 1.165) is 24.3 Å².